The minimum atomic E-state index is -2.88. The summed E-state index contributed by atoms with van der Waals surface area (Å²) < 4.78 is 189. The zero-order valence-electron chi connectivity index (χ0n) is 90.2. The predicted molar refractivity (Wildman–Crippen MR) is 471 cm³/mol. The molecule has 2 unspecified atom stereocenters. The number of piperidine rings is 4. The summed E-state index contributed by atoms with van der Waals surface area (Å²) in [4.78, 5) is 60.3. The smallest absolute Gasteiger partial charge is 0.323 e. The molecule has 4 aromatic rings. The molecule has 24 nitrogen and oxygen atoms in total. The van der Waals surface area contributed by atoms with Gasteiger partial charge in [0.1, 0.15) is 48.6 Å². The summed E-state index contributed by atoms with van der Waals surface area (Å²) in [6.45, 7) is 25.3. The zero-order chi connectivity index (χ0) is 101. The lowest BCUT2D eigenvalue weighted by atomic mass is 9.79. The molecule has 0 radical (unpaired) electrons. The average Bonchev–Trinajstić information content (AvgIpc) is 0.734. The first-order chi connectivity index (χ1) is 62.8. The first-order valence-electron chi connectivity index (χ1n) is 50.7. The molecule has 0 aromatic heterocycles. The normalized spacial score (nSPS) is 28.3. The SMILES string of the molecule is COc1cc2c(cc1OC)[C@@H]1C[C@H](OC(=O)[C@@H](N)C(C)C)[C@@H](CC(C)C)CN1CC2.[2H]C([2H])([2H])C([2H])(C)C([2H])([2H])[C@H]1CN2CCc3cc(OC)c(OC)cc3[C@@H]2C[C@@H]1OC(=O)[C@@H](N)C(C)C.[2H]C([2H])([2H])C([2H])(C)C([2H])([2H])[C@H]1CN2CCc3cc(OC)c(OC)cc3[C@@H]2C[C@@H]1OC(=O)[C@@H](N)C(C)C.[2H]C([2H])([2H])Oc1cc2c(cc1OC)[C@@H]1C[C@H](OC(=O)[C@@H](N)C(C)C)[C@@H](CC(C)C)CN1CC2. The van der Waals surface area contributed by atoms with Gasteiger partial charge in [-0.25, -0.2) is 0 Å². The third-order valence-corrected chi connectivity index (χ3v) is 25.3. The van der Waals surface area contributed by atoms with Gasteiger partial charge in [0.15, 0.2) is 46.0 Å². The van der Waals surface area contributed by atoms with Gasteiger partial charge in [0.25, 0.3) is 0 Å². The van der Waals surface area contributed by atoms with Gasteiger partial charge in [0, 0.05) is 142 Å². The van der Waals surface area contributed by atoms with Crippen LogP contribution in [-0.2, 0) is 63.8 Å². The van der Waals surface area contributed by atoms with Gasteiger partial charge in [-0.15, -0.1) is 0 Å². The number of ether oxygens (including phenoxy) is 12. The second kappa shape index (κ2) is 43.9. The predicted octanol–water partition coefficient (Wildman–Crippen LogP) is 14.3. The molecule has 8 N–H and O–H groups in total. The molecule has 0 aliphatic carbocycles. The van der Waals surface area contributed by atoms with Crippen molar-refractivity contribution in [2.24, 2.45) is 93.9 Å². The monoisotopic (exact) mass is 1690 g/mol. The lowest BCUT2D eigenvalue weighted by Crippen LogP contribution is -2.51. The molecule has 4 fully saturated rings. The molecule has 12 rings (SSSR count). The summed E-state index contributed by atoms with van der Waals surface area (Å²) in [5.41, 5.74) is 33.0. The molecule has 18 atom stereocenters. The molecule has 0 amide bonds. The van der Waals surface area contributed by atoms with E-state index in [0.717, 1.165) is 117 Å². The minimum absolute atomic E-state index is 0.0115. The highest BCUT2D eigenvalue weighted by molar-refractivity contribution is 5.77. The molecule has 4 aromatic carbocycles. The molecule has 8 aliphatic rings. The topological polar surface area (TPSA) is 296 Å². The standard InChI is InChI=1S/4C24H38N2O4/c4*1-14(2)9-17-13-26-8-7-16-10-21(28-5)22(29-6)11-18(16)19(26)12-20(17)30-24(27)23(25)15(3)4/h4*10-11,14-15,17,19-20,23H,7-9,12-13,25H2,1-6H3/t4*17-,19-,20-,23-/m0000/s1/i2*1D3,9D2,14D;5D3;/t2*14?,17-,19-,20-,23-;2m. The average molecular weight is 1690 g/mol. The van der Waals surface area contributed by atoms with E-state index in [1.165, 1.54) is 18.2 Å². The van der Waals surface area contributed by atoms with Crippen molar-refractivity contribution in [3.63, 3.8) is 0 Å². The summed E-state index contributed by atoms with van der Waals surface area (Å²) in [7, 11) is 8.55. The Morgan fingerprint density at radius 2 is 0.575 bits per heavy atom. The number of hydrogen-bond donors (Lipinski definition) is 4. The van der Waals surface area contributed by atoms with Crippen LogP contribution in [0.15, 0.2) is 48.5 Å². The van der Waals surface area contributed by atoms with Crippen molar-refractivity contribution in [2.75, 3.05) is 109 Å². The highest BCUT2D eigenvalue weighted by Crippen LogP contribution is 2.50. The Balaban J connectivity index is 0.000000202. The lowest BCUT2D eigenvalue weighted by molar-refractivity contribution is -0.161. The number of rotatable bonds is 28. The van der Waals surface area contributed by atoms with Gasteiger partial charge in [-0.05, 0) is 192 Å². The molecule has 24 heteroatoms. The van der Waals surface area contributed by atoms with E-state index < -0.39 is 105 Å². The fourth-order valence-corrected chi connectivity index (χ4v) is 18.4. The molecule has 672 valence electrons. The highest BCUT2D eigenvalue weighted by Gasteiger charge is 2.47. The van der Waals surface area contributed by atoms with Crippen molar-refractivity contribution in [1.82, 2.24) is 19.6 Å². The molecule has 0 spiro atoms. The van der Waals surface area contributed by atoms with Crippen LogP contribution in [0.4, 0.5) is 0 Å². The maximum Gasteiger partial charge on any atom is 0.323 e. The number of carbonyl (C=O) groups is 4. The molecule has 0 bridgehead atoms. The Morgan fingerprint density at radius 3 is 0.783 bits per heavy atom. The summed E-state index contributed by atoms with van der Waals surface area (Å²) in [5, 5.41) is 0. The van der Waals surface area contributed by atoms with Gasteiger partial charge >= 0.3 is 23.9 Å². The van der Waals surface area contributed by atoms with Crippen molar-refractivity contribution in [3.05, 3.63) is 93.0 Å². The van der Waals surface area contributed by atoms with Gasteiger partial charge in [-0.3, -0.25) is 38.8 Å². The van der Waals surface area contributed by atoms with Crippen LogP contribution in [0.25, 0.3) is 0 Å². The largest absolute Gasteiger partial charge is 0.493 e. The number of methoxy groups -OCH3 is 8. The Kier molecular flexibility index (Phi) is 28.0. The van der Waals surface area contributed by atoms with E-state index >= 15 is 0 Å². The Bertz CT molecular complexity index is 4520. The lowest BCUT2D eigenvalue weighted by Gasteiger charge is -2.47. The maximum atomic E-state index is 12.9. The second-order valence-electron chi connectivity index (χ2n) is 36.0. The number of carbonyl (C=O) groups excluding carboxylic acids is 4. The summed E-state index contributed by atoms with van der Waals surface area (Å²) in [6.07, 6.45) is -0.170. The zero-order valence-corrected chi connectivity index (χ0v) is 75.2. The molecular formula is C96H152N8O16. The van der Waals surface area contributed by atoms with Crippen LogP contribution in [0, 0.1) is 71.0 Å². The van der Waals surface area contributed by atoms with E-state index in [1.807, 2.05) is 58.0 Å². The first-order valence-corrected chi connectivity index (χ1v) is 43.2. The quantitative estimate of drug-likeness (QED) is 0.0303. The van der Waals surface area contributed by atoms with E-state index in [-0.39, 0.29) is 110 Å². The van der Waals surface area contributed by atoms with E-state index in [1.54, 1.807) is 76.4 Å². The first kappa shape index (κ1) is 76.5. The number of nitrogens with zero attached hydrogens (tertiary/aromatic N) is 4. The van der Waals surface area contributed by atoms with E-state index in [0.29, 0.717) is 78.9 Å². The number of hydrogen-bond acceptors (Lipinski definition) is 24. The van der Waals surface area contributed by atoms with E-state index in [9.17, 15) is 19.2 Å². The third-order valence-electron chi connectivity index (χ3n) is 25.3. The van der Waals surface area contributed by atoms with Crippen molar-refractivity contribution in [1.29, 1.82) is 0 Å². The Hall–Kier alpha value is -7.16. The molecule has 8 aliphatic heterocycles. The minimum Gasteiger partial charge on any atom is -0.493 e. The fourth-order valence-electron chi connectivity index (χ4n) is 18.4. The molecule has 120 heavy (non-hydrogen) atoms. The van der Waals surface area contributed by atoms with Gasteiger partial charge in [0.2, 0.25) is 0 Å². The van der Waals surface area contributed by atoms with Crippen LogP contribution in [0.3, 0.4) is 0 Å². The number of nitrogens with two attached hydrogens (primary N) is 4. The van der Waals surface area contributed by atoms with Crippen molar-refractivity contribution >= 4 is 23.9 Å². The van der Waals surface area contributed by atoms with Gasteiger partial charge < -0.3 is 79.8 Å². The van der Waals surface area contributed by atoms with Crippen LogP contribution < -0.4 is 60.8 Å². The summed E-state index contributed by atoms with van der Waals surface area (Å²) in [5.74, 6) is -3.08. The molecule has 0 saturated carbocycles. The van der Waals surface area contributed by atoms with Crippen molar-refractivity contribution in [2.45, 2.75) is 260 Å². The van der Waals surface area contributed by atoms with Crippen molar-refractivity contribution < 1.29 is 96.6 Å². The van der Waals surface area contributed by atoms with Gasteiger partial charge in [-0.2, -0.15) is 0 Å². The van der Waals surface area contributed by atoms with Crippen LogP contribution in [-0.4, -0.2) is 201 Å². The van der Waals surface area contributed by atoms with E-state index in [2.05, 4.69) is 59.4 Å². The number of benzene rings is 4. The van der Waals surface area contributed by atoms with Gasteiger partial charge in [-0.1, -0.05) is 111 Å². The Morgan fingerprint density at radius 1 is 0.358 bits per heavy atom. The molecular weight excluding hydrogens is 1520 g/mol. The maximum absolute atomic E-state index is 12.9. The number of fused-ring (bicyclic) bond motifs is 12. The third kappa shape index (κ3) is 23.8. The Labute approximate surface area is 739 Å². The highest BCUT2D eigenvalue weighted by atomic mass is 16.6. The summed E-state index contributed by atoms with van der Waals surface area (Å²) >= 11 is 0. The summed E-state index contributed by atoms with van der Waals surface area (Å²) in [6, 6.07) is 12.4. The second-order valence-corrected chi connectivity index (χ2v) is 36.0. The van der Waals surface area contributed by atoms with Crippen LogP contribution in [0.2, 0.25) is 0 Å². The van der Waals surface area contributed by atoms with E-state index in [4.69, 9.17) is 100 Å². The van der Waals surface area contributed by atoms with Gasteiger partial charge in [0.05, 0.1) is 60.9 Å². The van der Waals surface area contributed by atoms with Crippen LogP contribution in [0.1, 0.15) is 251 Å². The van der Waals surface area contributed by atoms with Crippen LogP contribution in [0.5, 0.6) is 46.0 Å². The fraction of sp³-hybridized carbons (Fsp3) is 0.708. The molecule has 8 heterocycles. The van der Waals surface area contributed by atoms with Crippen molar-refractivity contribution in [3.8, 4) is 46.0 Å². The van der Waals surface area contributed by atoms with Crippen LogP contribution >= 0.6 is 0 Å². The number of esters is 4. The molecule has 4 saturated heterocycles.